The van der Waals surface area contributed by atoms with Crippen LogP contribution in [0.5, 0.6) is 0 Å². The highest BCUT2D eigenvalue weighted by molar-refractivity contribution is 5.95. The first-order valence-corrected chi connectivity index (χ1v) is 10.0. The third kappa shape index (κ3) is 2.07. The van der Waals surface area contributed by atoms with Crippen molar-refractivity contribution in [3.05, 3.63) is 47.4 Å². The van der Waals surface area contributed by atoms with Crippen molar-refractivity contribution in [1.82, 2.24) is 14.9 Å². The largest absolute Gasteiger partial charge is 0.448 e. The van der Waals surface area contributed by atoms with E-state index in [0.29, 0.717) is 25.1 Å². The third-order valence-corrected chi connectivity index (χ3v) is 6.90. The molecule has 0 radical (unpaired) electrons. The molecule has 1 amide bonds. The van der Waals surface area contributed by atoms with Crippen molar-refractivity contribution >= 4 is 17.7 Å². The maximum absolute atomic E-state index is 13.4. The van der Waals surface area contributed by atoms with Crippen LogP contribution in [0.25, 0.3) is 0 Å². The van der Waals surface area contributed by atoms with Crippen molar-refractivity contribution in [3.8, 4) is 0 Å². The fraction of sp³-hybridized carbons (Fsp3) is 0.476. The average molecular weight is 378 g/mol. The first-order chi connectivity index (χ1) is 13.6. The molecule has 1 saturated carbocycles. The van der Waals surface area contributed by atoms with Crippen molar-refractivity contribution in [2.45, 2.75) is 36.7 Å². The molecule has 3 aliphatic heterocycles. The molecule has 3 fully saturated rings. The number of rotatable bonds is 3. The molecular weight excluding hydrogens is 356 g/mol. The Bertz CT molecular complexity index is 974. The van der Waals surface area contributed by atoms with Crippen LogP contribution >= 0.6 is 0 Å². The Hall–Kier alpha value is -2.83. The Morgan fingerprint density at radius 3 is 2.68 bits per heavy atom. The van der Waals surface area contributed by atoms with Crippen LogP contribution in [0.15, 0.2) is 30.7 Å². The van der Waals surface area contributed by atoms with Crippen LogP contribution < -0.4 is 4.90 Å². The number of esters is 1. The van der Waals surface area contributed by atoms with Gasteiger partial charge in [0, 0.05) is 50.2 Å². The summed E-state index contributed by atoms with van der Waals surface area (Å²) in [6, 6.07) is 4.11. The van der Waals surface area contributed by atoms with Gasteiger partial charge in [-0.3, -0.25) is 4.79 Å². The van der Waals surface area contributed by atoms with Crippen molar-refractivity contribution in [2.75, 3.05) is 31.1 Å². The fourth-order valence-corrected chi connectivity index (χ4v) is 4.91. The molecule has 6 rings (SSSR count). The van der Waals surface area contributed by atoms with E-state index in [0.717, 1.165) is 42.9 Å². The quantitative estimate of drug-likeness (QED) is 0.826. The molecule has 2 aromatic rings. The van der Waals surface area contributed by atoms with Gasteiger partial charge in [0.1, 0.15) is 5.82 Å². The Morgan fingerprint density at radius 2 is 2.00 bits per heavy atom. The highest BCUT2D eigenvalue weighted by atomic mass is 16.6. The second-order valence-corrected chi connectivity index (χ2v) is 8.47. The number of pyridine rings is 1. The number of hydrogen-bond donors (Lipinski definition) is 1. The summed E-state index contributed by atoms with van der Waals surface area (Å²) in [5, 5.41) is 0. The smallest absolute Gasteiger partial charge is 0.341 e. The SMILES string of the molecule is O=C1OC2(CCN(C(=O)C3(c4ccc(N5CCC5)nc4)CC3)C2)c2c[nH]cc21. The molecular formula is C21H22N4O3. The number of anilines is 1. The van der Waals surface area contributed by atoms with Gasteiger partial charge in [-0.1, -0.05) is 6.07 Å². The minimum atomic E-state index is -0.683. The number of nitrogens with zero attached hydrogens (tertiary/aromatic N) is 3. The van der Waals surface area contributed by atoms with Crippen LogP contribution in [0, 0.1) is 0 Å². The van der Waals surface area contributed by atoms with E-state index < -0.39 is 11.0 Å². The lowest BCUT2D eigenvalue weighted by Gasteiger charge is -2.32. The summed E-state index contributed by atoms with van der Waals surface area (Å²) in [5.41, 5.74) is 1.36. The number of aromatic amines is 1. The maximum Gasteiger partial charge on any atom is 0.341 e. The van der Waals surface area contributed by atoms with Crippen molar-refractivity contribution in [2.24, 2.45) is 0 Å². The summed E-state index contributed by atoms with van der Waals surface area (Å²) in [4.78, 5) is 37.3. The number of ether oxygens (including phenoxy) is 1. The van der Waals surface area contributed by atoms with Gasteiger partial charge in [0.15, 0.2) is 5.60 Å². The molecule has 5 heterocycles. The van der Waals surface area contributed by atoms with E-state index in [1.54, 1.807) is 6.20 Å². The fourth-order valence-electron chi connectivity index (χ4n) is 4.91. The van der Waals surface area contributed by atoms with Gasteiger partial charge in [-0.05, 0) is 30.9 Å². The van der Waals surface area contributed by atoms with Crippen LogP contribution in [0.3, 0.4) is 0 Å². The average Bonchev–Trinajstić information content (AvgIpc) is 3.01. The lowest BCUT2D eigenvalue weighted by molar-refractivity contribution is -0.134. The summed E-state index contributed by atoms with van der Waals surface area (Å²) in [6.07, 6.45) is 8.98. The van der Waals surface area contributed by atoms with Crippen LogP contribution in [-0.2, 0) is 20.5 Å². The zero-order chi connectivity index (χ0) is 18.9. The number of H-pyrrole nitrogens is 1. The van der Waals surface area contributed by atoms with Crippen molar-refractivity contribution in [3.63, 3.8) is 0 Å². The second kappa shape index (κ2) is 5.37. The number of aromatic nitrogens is 2. The van der Waals surface area contributed by atoms with Crippen molar-refractivity contribution < 1.29 is 14.3 Å². The topological polar surface area (TPSA) is 78.5 Å². The number of hydrogen-bond acceptors (Lipinski definition) is 5. The molecule has 1 aliphatic carbocycles. The number of nitrogens with one attached hydrogen (secondary N) is 1. The molecule has 1 unspecified atom stereocenters. The minimum absolute atomic E-state index is 0.142. The molecule has 1 atom stereocenters. The van der Waals surface area contributed by atoms with E-state index >= 15 is 0 Å². The van der Waals surface area contributed by atoms with Crippen LogP contribution in [0.1, 0.15) is 47.2 Å². The first kappa shape index (κ1) is 16.2. The number of fused-ring (bicyclic) bond motifs is 2. The zero-order valence-electron chi connectivity index (χ0n) is 15.6. The van der Waals surface area contributed by atoms with Crippen LogP contribution in [0.4, 0.5) is 5.82 Å². The summed E-state index contributed by atoms with van der Waals surface area (Å²) in [5.74, 6) is 0.844. The van der Waals surface area contributed by atoms with Crippen LogP contribution in [-0.4, -0.2) is 52.9 Å². The van der Waals surface area contributed by atoms with Gasteiger partial charge in [0.25, 0.3) is 0 Å². The molecule has 0 aromatic carbocycles. The van der Waals surface area contributed by atoms with Gasteiger partial charge in [-0.15, -0.1) is 0 Å². The zero-order valence-corrected chi connectivity index (χ0v) is 15.6. The predicted molar refractivity (Wildman–Crippen MR) is 101 cm³/mol. The number of amides is 1. The number of carbonyl (C=O) groups excluding carboxylic acids is 2. The van der Waals surface area contributed by atoms with E-state index in [2.05, 4.69) is 20.9 Å². The van der Waals surface area contributed by atoms with E-state index in [4.69, 9.17) is 4.74 Å². The molecule has 28 heavy (non-hydrogen) atoms. The summed E-state index contributed by atoms with van der Waals surface area (Å²) in [7, 11) is 0. The Kier molecular flexibility index (Phi) is 3.10. The van der Waals surface area contributed by atoms with Gasteiger partial charge in [-0.25, -0.2) is 9.78 Å². The molecule has 2 saturated heterocycles. The van der Waals surface area contributed by atoms with E-state index in [-0.39, 0.29) is 11.9 Å². The lowest BCUT2D eigenvalue weighted by atomic mass is 9.94. The maximum atomic E-state index is 13.4. The van der Waals surface area contributed by atoms with Crippen molar-refractivity contribution in [1.29, 1.82) is 0 Å². The van der Waals surface area contributed by atoms with Gasteiger partial charge >= 0.3 is 5.97 Å². The lowest BCUT2D eigenvalue weighted by Crippen LogP contribution is -2.40. The monoisotopic (exact) mass is 378 g/mol. The number of likely N-dealkylation sites (tertiary alicyclic amines) is 1. The molecule has 7 nitrogen and oxygen atoms in total. The molecule has 144 valence electrons. The molecule has 7 heteroatoms. The second-order valence-electron chi connectivity index (χ2n) is 8.47. The Morgan fingerprint density at radius 1 is 1.14 bits per heavy atom. The molecule has 0 bridgehead atoms. The number of carbonyl (C=O) groups is 2. The highest BCUT2D eigenvalue weighted by Gasteiger charge is 2.58. The standard InChI is InChI=1S/C21H22N4O3/c26-18-15-11-22-12-16(15)21(28-18)6-9-25(13-21)19(27)20(4-5-20)14-2-3-17(23-10-14)24-7-1-8-24/h2-3,10-12,22H,1,4-9,13H2. The molecule has 2 aromatic heterocycles. The van der Waals surface area contributed by atoms with Gasteiger partial charge < -0.3 is 19.5 Å². The van der Waals surface area contributed by atoms with E-state index in [9.17, 15) is 9.59 Å². The first-order valence-electron chi connectivity index (χ1n) is 10.0. The predicted octanol–water partition coefficient (Wildman–Crippen LogP) is 1.95. The molecule has 1 spiro atoms. The van der Waals surface area contributed by atoms with E-state index in [1.807, 2.05) is 23.4 Å². The Labute approximate surface area is 162 Å². The summed E-state index contributed by atoms with van der Waals surface area (Å²) in [6.45, 7) is 3.17. The van der Waals surface area contributed by atoms with E-state index in [1.165, 1.54) is 6.42 Å². The van der Waals surface area contributed by atoms with Gasteiger partial charge in [0.05, 0.1) is 17.5 Å². The minimum Gasteiger partial charge on any atom is -0.448 e. The summed E-state index contributed by atoms with van der Waals surface area (Å²) >= 11 is 0. The third-order valence-electron chi connectivity index (χ3n) is 6.90. The van der Waals surface area contributed by atoms with Gasteiger partial charge in [0.2, 0.25) is 5.91 Å². The highest BCUT2D eigenvalue weighted by Crippen LogP contribution is 2.52. The Balaban J connectivity index is 1.24. The van der Waals surface area contributed by atoms with Crippen LogP contribution in [0.2, 0.25) is 0 Å². The molecule has 4 aliphatic rings. The molecule has 1 N–H and O–H groups in total. The normalized spacial score (nSPS) is 26.9. The summed E-state index contributed by atoms with van der Waals surface area (Å²) < 4.78 is 5.73. The van der Waals surface area contributed by atoms with Gasteiger partial charge in [-0.2, -0.15) is 0 Å².